The summed E-state index contributed by atoms with van der Waals surface area (Å²) in [6, 6.07) is 7.15. The van der Waals surface area contributed by atoms with Crippen LogP contribution in [-0.4, -0.2) is 29.3 Å². The number of hydrogen-bond donors (Lipinski definition) is 0. The smallest absolute Gasteiger partial charge is 0.315 e. The van der Waals surface area contributed by atoms with Gasteiger partial charge in [0, 0.05) is 15.4 Å². The van der Waals surface area contributed by atoms with Gasteiger partial charge in [0.25, 0.3) is 0 Å². The summed E-state index contributed by atoms with van der Waals surface area (Å²) in [6.07, 6.45) is 4.99. The van der Waals surface area contributed by atoms with E-state index in [1.807, 2.05) is 11.8 Å². The van der Waals surface area contributed by atoms with Crippen LogP contribution in [0.1, 0.15) is 78.4 Å². The molecular formula is C23H36O2S2. The fourth-order valence-electron chi connectivity index (χ4n) is 3.33. The minimum atomic E-state index is -0.112. The zero-order valence-corrected chi connectivity index (χ0v) is 19.7. The molecule has 2 nitrogen and oxygen atoms in total. The first-order chi connectivity index (χ1) is 12.5. The van der Waals surface area contributed by atoms with Gasteiger partial charge in [-0.25, -0.2) is 0 Å². The Hall–Kier alpha value is -0.610. The molecule has 0 aliphatic heterocycles. The van der Waals surface area contributed by atoms with E-state index in [1.165, 1.54) is 48.8 Å². The summed E-state index contributed by atoms with van der Waals surface area (Å²) < 4.78 is 4.83. The van der Waals surface area contributed by atoms with Crippen LogP contribution in [0.15, 0.2) is 23.1 Å². The van der Waals surface area contributed by atoms with Crippen molar-refractivity contribution in [2.75, 3.05) is 12.9 Å². The fourth-order valence-corrected chi connectivity index (χ4v) is 6.20. The van der Waals surface area contributed by atoms with Crippen LogP contribution in [0.4, 0.5) is 0 Å². The average Bonchev–Trinajstić information content (AvgIpc) is 2.59. The molecule has 1 fully saturated rings. The quantitative estimate of drug-likeness (QED) is 0.513. The van der Waals surface area contributed by atoms with Gasteiger partial charge in [0.2, 0.25) is 0 Å². The molecule has 1 saturated carbocycles. The van der Waals surface area contributed by atoms with Gasteiger partial charge in [-0.3, -0.25) is 4.79 Å². The number of carbonyl (C=O) groups excluding carboxylic acids is 1. The highest BCUT2D eigenvalue weighted by Crippen LogP contribution is 2.42. The van der Waals surface area contributed by atoms with E-state index < -0.39 is 0 Å². The van der Waals surface area contributed by atoms with Crippen molar-refractivity contribution in [2.24, 2.45) is 0 Å². The van der Waals surface area contributed by atoms with E-state index in [4.69, 9.17) is 4.74 Å². The summed E-state index contributed by atoms with van der Waals surface area (Å²) in [4.78, 5) is 13.0. The number of methoxy groups -OCH3 is 1. The van der Waals surface area contributed by atoms with Crippen LogP contribution >= 0.6 is 23.5 Å². The molecule has 2 atom stereocenters. The van der Waals surface area contributed by atoms with Gasteiger partial charge in [0.05, 0.1) is 12.9 Å². The Bertz CT molecular complexity index is 609. The Labute approximate surface area is 174 Å². The molecule has 0 radical (unpaired) electrons. The van der Waals surface area contributed by atoms with Gasteiger partial charge in [-0.2, -0.15) is 0 Å². The Kier molecular flexibility index (Phi) is 7.78. The molecule has 1 aliphatic rings. The molecule has 0 saturated heterocycles. The van der Waals surface area contributed by atoms with Crippen molar-refractivity contribution in [3.05, 3.63) is 29.3 Å². The lowest BCUT2D eigenvalue weighted by Gasteiger charge is -2.32. The van der Waals surface area contributed by atoms with Gasteiger partial charge in [0.1, 0.15) is 0 Å². The lowest BCUT2D eigenvalue weighted by Crippen LogP contribution is -2.26. The molecule has 0 aromatic heterocycles. The molecule has 0 bridgehead atoms. The van der Waals surface area contributed by atoms with Crippen LogP contribution in [0.5, 0.6) is 0 Å². The molecule has 0 spiro atoms. The van der Waals surface area contributed by atoms with Gasteiger partial charge in [0.15, 0.2) is 0 Å². The van der Waals surface area contributed by atoms with Crippen molar-refractivity contribution in [2.45, 2.75) is 93.5 Å². The van der Waals surface area contributed by atoms with Crippen LogP contribution in [0, 0.1) is 0 Å². The highest BCUT2D eigenvalue weighted by atomic mass is 32.2. The van der Waals surface area contributed by atoms with E-state index in [0.29, 0.717) is 16.3 Å². The Morgan fingerprint density at radius 1 is 0.963 bits per heavy atom. The van der Waals surface area contributed by atoms with Gasteiger partial charge >= 0.3 is 5.97 Å². The Morgan fingerprint density at radius 2 is 1.48 bits per heavy atom. The maximum atomic E-state index is 11.6. The van der Waals surface area contributed by atoms with Crippen molar-refractivity contribution < 1.29 is 9.53 Å². The molecule has 4 heteroatoms. The van der Waals surface area contributed by atoms with Gasteiger partial charge in [-0.05, 0) is 46.9 Å². The molecule has 2 rings (SSSR count). The monoisotopic (exact) mass is 408 g/mol. The number of thioether (sulfide) groups is 2. The van der Waals surface area contributed by atoms with E-state index in [1.54, 1.807) is 11.8 Å². The molecule has 1 aromatic rings. The molecule has 0 N–H and O–H groups in total. The predicted octanol–water partition coefficient (Wildman–Crippen LogP) is 6.59. The SMILES string of the molecule is COC(=O)CS[C@@H]1CCCC[C@H]1Sc1cc(C(C)(C)C)cc(C(C)(C)C)c1. The number of rotatable bonds is 5. The molecule has 0 heterocycles. The summed E-state index contributed by atoms with van der Waals surface area (Å²) in [5.74, 6) is 0.354. The highest BCUT2D eigenvalue weighted by Gasteiger charge is 2.28. The van der Waals surface area contributed by atoms with E-state index in [-0.39, 0.29) is 16.8 Å². The lowest BCUT2D eigenvalue weighted by atomic mass is 9.81. The molecular weight excluding hydrogens is 372 g/mol. The second-order valence-electron chi connectivity index (χ2n) is 9.61. The van der Waals surface area contributed by atoms with E-state index in [0.717, 1.165) is 0 Å². The lowest BCUT2D eigenvalue weighted by molar-refractivity contribution is -0.137. The highest BCUT2D eigenvalue weighted by molar-refractivity contribution is 8.04. The average molecular weight is 409 g/mol. The minimum Gasteiger partial charge on any atom is -0.468 e. The fraction of sp³-hybridized carbons (Fsp3) is 0.696. The Balaban J connectivity index is 2.24. The summed E-state index contributed by atoms with van der Waals surface area (Å²) in [6.45, 7) is 13.7. The minimum absolute atomic E-state index is 0.112. The largest absolute Gasteiger partial charge is 0.468 e. The summed E-state index contributed by atoms with van der Waals surface area (Å²) in [5, 5.41) is 1.09. The first-order valence-electron chi connectivity index (χ1n) is 10.0. The molecule has 1 aromatic carbocycles. The van der Waals surface area contributed by atoms with Crippen LogP contribution < -0.4 is 0 Å². The maximum absolute atomic E-state index is 11.6. The molecule has 1 aliphatic carbocycles. The summed E-state index contributed by atoms with van der Waals surface area (Å²) >= 11 is 3.80. The zero-order chi connectivity index (χ0) is 20.2. The maximum Gasteiger partial charge on any atom is 0.315 e. The second-order valence-corrected chi connectivity index (χ2v) is 12.2. The number of ether oxygens (including phenoxy) is 1. The third kappa shape index (κ3) is 6.74. The number of benzene rings is 1. The van der Waals surface area contributed by atoms with Gasteiger partial charge < -0.3 is 4.74 Å². The zero-order valence-electron chi connectivity index (χ0n) is 18.1. The third-order valence-corrected chi connectivity index (χ3v) is 8.15. The van der Waals surface area contributed by atoms with E-state index >= 15 is 0 Å². The van der Waals surface area contributed by atoms with Crippen LogP contribution in [0.25, 0.3) is 0 Å². The third-order valence-electron chi connectivity index (χ3n) is 5.21. The standard InChI is InChI=1S/C23H36O2S2/c1-22(2,3)16-12-17(23(4,5)6)14-18(13-16)27-20-11-9-8-10-19(20)26-15-21(24)25-7/h12-14,19-20H,8-11,15H2,1-7H3/t19-,20-/m1/s1. The number of esters is 1. The predicted molar refractivity (Wildman–Crippen MR) is 120 cm³/mol. The molecule has 152 valence electrons. The van der Waals surface area contributed by atoms with Crippen molar-refractivity contribution in [3.63, 3.8) is 0 Å². The van der Waals surface area contributed by atoms with Crippen LogP contribution in [-0.2, 0) is 20.4 Å². The second kappa shape index (κ2) is 9.26. The topological polar surface area (TPSA) is 26.3 Å². The van der Waals surface area contributed by atoms with E-state index in [2.05, 4.69) is 59.7 Å². The number of carbonyl (C=O) groups is 1. The van der Waals surface area contributed by atoms with Crippen molar-refractivity contribution in [1.29, 1.82) is 0 Å². The van der Waals surface area contributed by atoms with Crippen molar-refractivity contribution >= 4 is 29.5 Å². The molecule has 0 unspecified atom stereocenters. The van der Waals surface area contributed by atoms with Gasteiger partial charge in [-0.1, -0.05) is 60.5 Å². The van der Waals surface area contributed by atoms with Crippen molar-refractivity contribution in [1.82, 2.24) is 0 Å². The van der Waals surface area contributed by atoms with Crippen molar-refractivity contribution in [3.8, 4) is 0 Å². The number of hydrogen-bond acceptors (Lipinski definition) is 4. The first kappa shape index (κ1) is 22.7. The van der Waals surface area contributed by atoms with Gasteiger partial charge in [-0.15, -0.1) is 23.5 Å². The van der Waals surface area contributed by atoms with E-state index in [9.17, 15) is 4.79 Å². The normalized spacial score (nSPS) is 21.1. The summed E-state index contributed by atoms with van der Waals surface area (Å²) in [7, 11) is 1.47. The molecule has 0 amide bonds. The molecule has 27 heavy (non-hydrogen) atoms. The van der Waals surface area contributed by atoms with Crippen LogP contribution in [0.3, 0.4) is 0 Å². The Morgan fingerprint density at radius 3 is 1.96 bits per heavy atom. The first-order valence-corrected chi connectivity index (χ1v) is 11.9. The van der Waals surface area contributed by atoms with Crippen LogP contribution in [0.2, 0.25) is 0 Å². The summed E-state index contributed by atoms with van der Waals surface area (Å²) in [5.41, 5.74) is 3.10.